The van der Waals surface area contributed by atoms with Crippen LogP contribution < -0.4 is 11.4 Å². The van der Waals surface area contributed by atoms with Gasteiger partial charge >= 0.3 is 25.8 Å². The molecule has 0 aromatic carbocycles. The van der Waals surface area contributed by atoms with E-state index >= 15 is 0 Å². The summed E-state index contributed by atoms with van der Waals surface area (Å²) in [6, 6.07) is 1.49. The lowest BCUT2D eigenvalue weighted by Gasteiger charge is -2.31. The lowest BCUT2D eigenvalue weighted by atomic mass is 9.95. The van der Waals surface area contributed by atoms with Crippen molar-refractivity contribution in [1.29, 1.82) is 0 Å². The van der Waals surface area contributed by atoms with Crippen molar-refractivity contribution in [2.24, 2.45) is 5.92 Å². The number of carbonyl (C=O) groups excluding carboxylic acids is 2. The molecule has 3 rings (SSSR count). The molecule has 1 saturated carbocycles. The number of carbonyl (C=O) groups is 2. The van der Waals surface area contributed by atoms with Crippen LogP contribution in [0.5, 0.6) is 0 Å². The molecule has 1 aromatic rings. The summed E-state index contributed by atoms with van der Waals surface area (Å²) in [5, 5.41) is 0. The first-order valence-corrected chi connectivity index (χ1v) is 13.6. The van der Waals surface area contributed by atoms with Crippen LogP contribution in [0.15, 0.2) is 17.1 Å². The van der Waals surface area contributed by atoms with E-state index in [9.17, 15) is 18.9 Å². The molecule has 2 fully saturated rings. The van der Waals surface area contributed by atoms with Crippen molar-refractivity contribution in [3.63, 3.8) is 0 Å². The predicted octanol–water partition coefficient (Wildman–Crippen LogP) is 3.48. The number of phosphoric acid groups is 1. The summed E-state index contributed by atoms with van der Waals surface area (Å²) in [5.41, 5.74) is 4.12. The molecular weight excluding hydrogens is 529 g/mol. The average molecular weight is 563 g/mol. The number of hydrogen-bond donors (Lipinski definition) is 1. The van der Waals surface area contributed by atoms with E-state index in [-0.39, 0.29) is 18.3 Å². The van der Waals surface area contributed by atoms with Gasteiger partial charge in [0, 0.05) is 6.20 Å². The summed E-state index contributed by atoms with van der Waals surface area (Å²) in [4.78, 5) is 39.3. The maximum Gasteiger partial charge on any atom is 0.510 e. The Bertz CT molecular complexity index is 1040. The van der Waals surface area contributed by atoms with Gasteiger partial charge in [-0.2, -0.15) is 4.98 Å². The van der Waals surface area contributed by atoms with Crippen molar-refractivity contribution in [3.05, 3.63) is 22.7 Å². The zero-order chi connectivity index (χ0) is 27.9. The molecule has 2 atom stereocenters. The second-order valence-electron chi connectivity index (χ2n) is 9.33. The van der Waals surface area contributed by atoms with E-state index in [1.165, 1.54) is 16.8 Å². The van der Waals surface area contributed by atoms with E-state index in [2.05, 4.69) is 4.98 Å². The molecule has 16 heteroatoms. The summed E-state index contributed by atoms with van der Waals surface area (Å²) in [5.74, 6) is 0.170. The van der Waals surface area contributed by atoms with Crippen LogP contribution in [0.25, 0.3) is 0 Å². The molecule has 214 valence electrons. The molecule has 0 spiro atoms. The highest BCUT2D eigenvalue weighted by Gasteiger charge is 2.53. The van der Waals surface area contributed by atoms with Gasteiger partial charge in [0.1, 0.15) is 12.0 Å². The van der Waals surface area contributed by atoms with Gasteiger partial charge in [-0.3, -0.25) is 9.09 Å². The van der Waals surface area contributed by atoms with E-state index in [1.807, 2.05) is 0 Å². The van der Waals surface area contributed by atoms with Crippen molar-refractivity contribution in [1.82, 2.24) is 9.55 Å². The van der Waals surface area contributed by atoms with Crippen LogP contribution >= 0.6 is 7.82 Å². The maximum atomic E-state index is 13.3. The van der Waals surface area contributed by atoms with Crippen LogP contribution in [0.3, 0.4) is 0 Å². The highest BCUT2D eigenvalue weighted by Crippen LogP contribution is 2.55. The van der Waals surface area contributed by atoms with Crippen LogP contribution in [-0.2, 0) is 41.8 Å². The smallest absolute Gasteiger partial charge is 0.432 e. The Kier molecular flexibility index (Phi) is 10.1. The first kappa shape index (κ1) is 29.8. The zero-order valence-electron chi connectivity index (χ0n) is 21.7. The number of phosphoric ester groups is 1. The first-order chi connectivity index (χ1) is 17.9. The number of rotatable bonds is 13. The summed E-state index contributed by atoms with van der Waals surface area (Å²) in [6.07, 6.45) is 0.482. The summed E-state index contributed by atoms with van der Waals surface area (Å²) in [6.45, 7) is 4.58. The molecule has 2 heterocycles. The minimum absolute atomic E-state index is 0.0768. The number of nitrogens with two attached hydrogens (primary N) is 1. The molecule has 38 heavy (non-hydrogen) atoms. The monoisotopic (exact) mass is 563 g/mol. The van der Waals surface area contributed by atoms with E-state index in [0.29, 0.717) is 12.8 Å². The summed E-state index contributed by atoms with van der Waals surface area (Å²) >= 11 is 0. The number of nitrogens with zero attached hydrogens (tertiary/aromatic N) is 2. The molecule has 15 nitrogen and oxygen atoms in total. The van der Waals surface area contributed by atoms with Gasteiger partial charge in [-0.1, -0.05) is 0 Å². The van der Waals surface area contributed by atoms with E-state index in [1.54, 1.807) is 27.7 Å². The Hall–Kier alpha value is -2.71. The third-order valence-electron chi connectivity index (χ3n) is 5.57. The van der Waals surface area contributed by atoms with Crippen molar-refractivity contribution in [2.45, 2.75) is 77.4 Å². The van der Waals surface area contributed by atoms with Crippen molar-refractivity contribution >= 4 is 26.0 Å². The Morgan fingerprint density at radius 3 is 2.16 bits per heavy atom. The normalized spacial score (nSPS) is 21.5. The topological polar surface area (TPSA) is 186 Å². The number of anilines is 1. The van der Waals surface area contributed by atoms with Crippen molar-refractivity contribution in [3.8, 4) is 0 Å². The van der Waals surface area contributed by atoms with Crippen molar-refractivity contribution < 1.29 is 51.4 Å². The van der Waals surface area contributed by atoms with E-state index < -0.39 is 63.4 Å². The summed E-state index contributed by atoms with van der Waals surface area (Å²) in [7, 11) is -4.46. The quantitative estimate of drug-likeness (QED) is 0.209. The Morgan fingerprint density at radius 2 is 1.66 bits per heavy atom. The van der Waals surface area contributed by atoms with Gasteiger partial charge in [0.2, 0.25) is 13.6 Å². The van der Waals surface area contributed by atoms with Gasteiger partial charge in [-0.25, -0.2) is 28.0 Å². The number of hydrogen-bond acceptors (Lipinski definition) is 14. The average Bonchev–Trinajstić information content (AvgIpc) is 3.58. The predicted molar refractivity (Wildman–Crippen MR) is 129 cm³/mol. The van der Waals surface area contributed by atoms with Crippen LogP contribution in [0.2, 0.25) is 0 Å². The zero-order valence-corrected chi connectivity index (χ0v) is 22.6. The SMILES string of the molecule is CC(C)OC(=O)OCOP(=O)(OCOC(=O)OC(C)C)OCC1(C2CC2)CCC(n2ccc(N)nc2=O)O1. The van der Waals surface area contributed by atoms with Crippen LogP contribution in [0.4, 0.5) is 15.4 Å². The molecule has 0 radical (unpaired) electrons. The lowest BCUT2D eigenvalue weighted by molar-refractivity contribution is -0.116. The molecule has 1 aromatic heterocycles. The van der Waals surface area contributed by atoms with Gasteiger partial charge in [0.15, 0.2) is 0 Å². The fraction of sp³-hybridized carbons (Fsp3) is 0.727. The molecule has 1 saturated heterocycles. The molecule has 2 unspecified atom stereocenters. The maximum absolute atomic E-state index is 13.3. The third kappa shape index (κ3) is 8.67. The van der Waals surface area contributed by atoms with Gasteiger partial charge in [0.05, 0.1) is 24.4 Å². The highest BCUT2D eigenvalue weighted by atomic mass is 31.2. The highest BCUT2D eigenvalue weighted by molar-refractivity contribution is 7.48. The molecule has 2 aliphatic rings. The Labute approximate surface area is 219 Å². The Balaban J connectivity index is 1.66. The lowest BCUT2D eigenvalue weighted by Crippen LogP contribution is -2.38. The standard InChI is InChI=1S/C22H34N3O12P/c1-14(2)35-20(27)30-12-33-38(29,34-13-31-21(28)36-15(3)4)32-11-22(16-5-6-16)9-7-18(37-22)25-10-8-17(23)24-19(25)26/h8,10,14-16,18H,5-7,9,11-13H2,1-4H3,(H2,23,24,26). The fourth-order valence-corrected chi connectivity index (χ4v) is 4.73. The number of nitrogen functional groups attached to an aromatic ring is 1. The number of aromatic nitrogens is 2. The third-order valence-corrected chi connectivity index (χ3v) is 6.86. The van der Waals surface area contributed by atoms with E-state index in [4.69, 9.17) is 43.0 Å². The van der Waals surface area contributed by atoms with Gasteiger partial charge in [-0.15, -0.1) is 0 Å². The molecule has 2 N–H and O–H groups in total. The molecule has 1 aliphatic carbocycles. The summed E-state index contributed by atoms with van der Waals surface area (Å²) < 4.78 is 55.9. The van der Waals surface area contributed by atoms with E-state index in [0.717, 1.165) is 12.8 Å². The van der Waals surface area contributed by atoms with Crippen LogP contribution in [-0.4, -0.2) is 59.9 Å². The second kappa shape index (κ2) is 12.9. The van der Waals surface area contributed by atoms with Gasteiger partial charge < -0.3 is 29.4 Å². The Morgan fingerprint density at radius 1 is 1.08 bits per heavy atom. The molecule has 0 amide bonds. The molecule has 0 bridgehead atoms. The van der Waals surface area contributed by atoms with Gasteiger partial charge in [0.25, 0.3) is 0 Å². The largest absolute Gasteiger partial charge is 0.510 e. The minimum Gasteiger partial charge on any atom is -0.432 e. The molecule has 1 aliphatic heterocycles. The molecular formula is C22H34N3O12P. The number of ether oxygens (including phenoxy) is 5. The first-order valence-electron chi connectivity index (χ1n) is 12.1. The van der Waals surface area contributed by atoms with Gasteiger partial charge in [-0.05, 0) is 65.4 Å². The van der Waals surface area contributed by atoms with Crippen molar-refractivity contribution in [2.75, 3.05) is 25.9 Å². The second-order valence-corrected chi connectivity index (χ2v) is 11.0. The van der Waals surface area contributed by atoms with Crippen LogP contribution in [0.1, 0.15) is 59.6 Å². The van der Waals surface area contributed by atoms with Crippen LogP contribution in [0, 0.1) is 5.92 Å². The minimum atomic E-state index is -4.46. The fourth-order valence-electron chi connectivity index (χ4n) is 3.76.